The van der Waals surface area contributed by atoms with E-state index in [0.29, 0.717) is 17.1 Å². The van der Waals surface area contributed by atoms with Crippen LogP contribution in [-0.2, 0) is 6.54 Å². The van der Waals surface area contributed by atoms with E-state index in [1.54, 1.807) is 30.5 Å². The Morgan fingerprint density at radius 2 is 2.25 bits per heavy atom. The van der Waals surface area contributed by atoms with Gasteiger partial charge in [0.1, 0.15) is 17.3 Å². The topological polar surface area (TPSA) is 80.0 Å². The van der Waals surface area contributed by atoms with Gasteiger partial charge in [0, 0.05) is 17.8 Å². The Morgan fingerprint density at radius 3 is 2.95 bits per heavy atom. The van der Waals surface area contributed by atoms with E-state index < -0.39 is 0 Å². The fourth-order valence-electron chi connectivity index (χ4n) is 1.71. The van der Waals surface area contributed by atoms with E-state index in [1.807, 2.05) is 6.92 Å². The van der Waals surface area contributed by atoms with Crippen molar-refractivity contribution in [1.82, 2.24) is 9.78 Å². The molecular formula is C14H16FN5. The molecule has 0 aliphatic heterocycles. The van der Waals surface area contributed by atoms with Gasteiger partial charge in [0.15, 0.2) is 5.84 Å². The highest BCUT2D eigenvalue weighted by molar-refractivity contribution is 5.99. The smallest absolute Gasteiger partial charge is 0.172 e. The molecule has 0 aliphatic carbocycles. The monoisotopic (exact) mass is 273 g/mol. The summed E-state index contributed by atoms with van der Waals surface area (Å²) in [6.45, 7) is 2.16. The molecule has 104 valence electrons. The van der Waals surface area contributed by atoms with Crippen LogP contribution in [0.15, 0.2) is 35.3 Å². The van der Waals surface area contributed by atoms with Gasteiger partial charge in [0.2, 0.25) is 0 Å². The number of nitrogens with zero attached hydrogens (tertiary/aromatic N) is 3. The molecule has 0 amide bonds. The Labute approximate surface area is 116 Å². The van der Waals surface area contributed by atoms with Crippen molar-refractivity contribution in [3.05, 3.63) is 47.4 Å². The van der Waals surface area contributed by atoms with E-state index in [2.05, 4.69) is 10.1 Å². The quantitative estimate of drug-likeness (QED) is 0.662. The lowest BCUT2D eigenvalue weighted by Gasteiger charge is -2.05. The van der Waals surface area contributed by atoms with Gasteiger partial charge in [0.05, 0.1) is 6.54 Å². The van der Waals surface area contributed by atoms with Crippen molar-refractivity contribution in [2.75, 3.05) is 5.73 Å². The summed E-state index contributed by atoms with van der Waals surface area (Å²) in [5.74, 6) is 0.119. The van der Waals surface area contributed by atoms with Crippen LogP contribution in [0.25, 0.3) is 0 Å². The summed E-state index contributed by atoms with van der Waals surface area (Å²) in [6.07, 6.45) is 2.38. The fourth-order valence-corrected chi connectivity index (χ4v) is 1.71. The van der Waals surface area contributed by atoms with Crippen LogP contribution in [0.4, 0.5) is 10.2 Å². The lowest BCUT2D eigenvalue weighted by molar-refractivity contribution is 0.587. The first-order chi connectivity index (χ1) is 9.61. The van der Waals surface area contributed by atoms with E-state index in [-0.39, 0.29) is 18.2 Å². The number of hydrogen-bond acceptors (Lipinski definition) is 3. The molecule has 2 rings (SSSR count). The zero-order valence-corrected chi connectivity index (χ0v) is 11.2. The maximum absolute atomic E-state index is 13.6. The third-order valence-electron chi connectivity index (χ3n) is 2.73. The van der Waals surface area contributed by atoms with E-state index in [9.17, 15) is 4.39 Å². The van der Waals surface area contributed by atoms with E-state index in [1.165, 1.54) is 10.7 Å². The Balaban J connectivity index is 2.22. The van der Waals surface area contributed by atoms with Crippen LogP contribution in [0.5, 0.6) is 0 Å². The van der Waals surface area contributed by atoms with Crippen LogP contribution < -0.4 is 5.73 Å². The highest BCUT2D eigenvalue weighted by Gasteiger charge is 2.10. The first kappa shape index (κ1) is 13.9. The van der Waals surface area contributed by atoms with Crippen molar-refractivity contribution in [3.8, 4) is 0 Å². The van der Waals surface area contributed by atoms with E-state index >= 15 is 0 Å². The first-order valence-corrected chi connectivity index (χ1v) is 6.30. The number of hydrogen-bond donors (Lipinski definition) is 2. The number of nitrogen functional groups attached to an aromatic ring is 1. The largest absolute Gasteiger partial charge is 0.384 e. The Bertz CT molecular complexity index is 645. The number of rotatable bonds is 4. The van der Waals surface area contributed by atoms with Crippen LogP contribution in [-0.4, -0.2) is 21.8 Å². The lowest BCUT2D eigenvalue weighted by Crippen LogP contribution is -2.08. The zero-order chi connectivity index (χ0) is 14.5. The summed E-state index contributed by atoms with van der Waals surface area (Å²) in [5.41, 5.74) is 6.71. The summed E-state index contributed by atoms with van der Waals surface area (Å²) in [5, 5.41) is 11.9. The number of aliphatic imine (C=N–C) groups is 1. The predicted octanol–water partition coefficient (Wildman–Crippen LogP) is 2.46. The van der Waals surface area contributed by atoms with Gasteiger partial charge >= 0.3 is 0 Å². The lowest BCUT2D eigenvalue weighted by atomic mass is 10.2. The van der Waals surface area contributed by atoms with Crippen LogP contribution in [0, 0.1) is 11.2 Å². The van der Waals surface area contributed by atoms with Gasteiger partial charge in [0.25, 0.3) is 0 Å². The van der Waals surface area contributed by atoms with Gasteiger partial charge in [-0.25, -0.2) is 14.1 Å². The minimum Gasteiger partial charge on any atom is -0.384 e. The van der Waals surface area contributed by atoms with Gasteiger partial charge in [-0.1, -0.05) is 25.1 Å². The maximum Gasteiger partial charge on any atom is 0.172 e. The third-order valence-corrected chi connectivity index (χ3v) is 2.73. The molecule has 0 spiro atoms. The molecule has 0 saturated heterocycles. The molecule has 1 aromatic carbocycles. The van der Waals surface area contributed by atoms with Crippen LogP contribution >= 0.6 is 0 Å². The number of halogens is 1. The minimum absolute atomic E-state index is 0.0471. The van der Waals surface area contributed by atoms with Gasteiger partial charge in [-0.3, -0.25) is 5.41 Å². The summed E-state index contributed by atoms with van der Waals surface area (Å²) in [7, 11) is 0. The number of benzene rings is 1. The van der Waals surface area contributed by atoms with Crippen molar-refractivity contribution in [2.45, 2.75) is 19.9 Å². The van der Waals surface area contributed by atoms with Crippen molar-refractivity contribution in [2.24, 2.45) is 4.99 Å². The van der Waals surface area contributed by atoms with Gasteiger partial charge in [-0.2, -0.15) is 5.10 Å². The van der Waals surface area contributed by atoms with Gasteiger partial charge in [-0.05, 0) is 12.5 Å². The molecule has 20 heavy (non-hydrogen) atoms. The predicted molar refractivity (Wildman–Crippen MR) is 77.8 cm³/mol. The number of nitrogens with two attached hydrogens (primary N) is 1. The molecular weight excluding hydrogens is 257 g/mol. The number of amidine groups is 1. The van der Waals surface area contributed by atoms with Crippen LogP contribution in [0.1, 0.15) is 24.6 Å². The summed E-state index contributed by atoms with van der Waals surface area (Å²) in [6, 6.07) is 8.02. The average Bonchev–Trinajstić information content (AvgIpc) is 2.80. The molecule has 0 fully saturated rings. The average molecular weight is 273 g/mol. The SMILES string of the molecule is CCC=NC(=N)c1cc(N)n(Cc2ccccc2F)n1. The van der Waals surface area contributed by atoms with Crippen molar-refractivity contribution >= 4 is 17.9 Å². The highest BCUT2D eigenvalue weighted by atomic mass is 19.1. The van der Waals surface area contributed by atoms with Gasteiger partial charge < -0.3 is 5.73 Å². The molecule has 1 heterocycles. The fraction of sp³-hybridized carbons (Fsp3) is 0.214. The molecule has 6 heteroatoms. The molecule has 0 saturated carbocycles. The second-order valence-electron chi connectivity index (χ2n) is 4.27. The minimum atomic E-state index is -0.303. The second-order valence-corrected chi connectivity index (χ2v) is 4.27. The van der Waals surface area contributed by atoms with Crippen molar-refractivity contribution in [1.29, 1.82) is 5.41 Å². The molecule has 3 N–H and O–H groups in total. The number of anilines is 1. The van der Waals surface area contributed by atoms with Crippen LogP contribution in [0.2, 0.25) is 0 Å². The molecule has 0 atom stereocenters. The summed E-state index contributed by atoms with van der Waals surface area (Å²) >= 11 is 0. The Hall–Kier alpha value is -2.50. The first-order valence-electron chi connectivity index (χ1n) is 6.30. The second kappa shape index (κ2) is 6.10. The normalized spacial score (nSPS) is 11.1. The molecule has 0 unspecified atom stereocenters. The number of nitrogens with one attached hydrogen (secondary N) is 1. The Kier molecular flexibility index (Phi) is 4.24. The Morgan fingerprint density at radius 1 is 1.50 bits per heavy atom. The summed E-state index contributed by atoms with van der Waals surface area (Å²) < 4.78 is 15.1. The van der Waals surface area contributed by atoms with Crippen LogP contribution in [0.3, 0.4) is 0 Å². The standard InChI is InChI=1S/C14H16FN5/c1-2-7-18-14(17)12-8-13(16)20(19-12)9-10-5-3-4-6-11(10)15/h3-8,17H,2,9,16H2,1H3. The maximum atomic E-state index is 13.6. The molecule has 2 aromatic rings. The van der Waals surface area contributed by atoms with Gasteiger partial charge in [-0.15, -0.1) is 0 Å². The van der Waals surface area contributed by atoms with Crippen molar-refractivity contribution in [3.63, 3.8) is 0 Å². The molecule has 1 aromatic heterocycles. The zero-order valence-electron chi connectivity index (χ0n) is 11.2. The van der Waals surface area contributed by atoms with Crippen molar-refractivity contribution < 1.29 is 4.39 Å². The third kappa shape index (κ3) is 3.09. The summed E-state index contributed by atoms with van der Waals surface area (Å²) in [4.78, 5) is 3.94. The highest BCUT2D eigenvalue weighted by Crippen LogP contribution is 2.13. The number of aromatic nitrogens is 2. The van der Waals surface area contributed by atoms with E-state index in [4.69, 9.17) is 11.1 Å². The molecule has 0 bridgehead atoms. The van der Waals surface area contributed by atoms with E-state index in [0.717, 1.165) is 6.42 Å². The molecule has 0 aliphatic rings. The molecule has 0 radical (unpaired) electrons. The molecule has 5 nitrogen and oxygen atoms in total.